The molecule has 1 aliphatic rings. The molecule has 3 rings (SSSR count). The molecule has 0 saturated carbocycles. The molecule has 1 amide bonds. The largest absolute Gasteiger partial charge is 0.482 e. The highest BCUT2D eigenvalue weighted by Crippen LogP contribution is 2.30. The lowest BCUT2D eigenvalue weighted by Gasteiger charge is -2.16. The highest BCUT2D eigenvalue weighted by molar-refractivity contribution is 5.94. The molecule has 2 aromatic rings. The molecular weight excluding hydrogens is 325 g/mol. The lowest BCUT2D eigenvalue weighted by Crippen LogP contribution is -2.29. The van der Waals surface area contributed by atoms with Gasteiger partial charge in [0, 0.05) is 18.0 Å². The van der Waals surface area contributed by atoms with Gasteiger partial charge in [0.1, 0.15) is 11.9 Å². The summed E-state index contributed by atoms with van der Waals surface area (Å²) in [5, 5.41) is 8.58. The third-order valence-corrected chi connectivity index (χ3v) is 4.23. The van der Waals surface area contributed by atoms with Crippen molar-refractivity contribution in [1.29, 1.82) is 0 Å². The zero-order chi connectivity index (χ0) is 17.8. The van der Waals surface area contributed by atoms with Crippen LogP contribution in [-0.4, -0.2) is 47.8 Å². The molecule has 1 aliphatic heterocycles. The van der Waals surface area contributed by atoms with Gasteiger partial charge < -0.3 is 14.7 Å². The molecule has 1 heterocycles. The minimum atomic E-state index is -1.09. The van der Waals surface area contributed by atoms with Gasteiger partial charge in [-0.2, -0.15) is 0 Å². The number of aliphatic carboxylic acids is 1. The van der Waals surface area contributed by atoms with Gasteiger partial charge in [0.2, 0.25) is 0 Å². The first-order valence-corrected chi connectivity index (χ1v) is 7.97. The van der Waals surface area contributed by atoms with E-state index in [0.29, 0.717) is 17.9 Å². The molecular formula is C19H18FNO4. The molecule has 0 bridgehead atoms. The van der Waals surface area contributed by atoms with Gasteiger partial charge in [-0.1, -0.05) is 30.3 Å². The van der Waals surface area contributed by atoms with Crippen molar-refractivity contribution in [3.63, 3.8) is 0 Å². The van der Waals surface area contributed by atoms with Gasteiger partial charge >= 0.3 is 5.97 Å². The fourth-order valence-electron chi connectivity index (χ4n) is 2.97. The summed E-state index contributed by atoms with van der Waals surface area (Å²) in [6, 6.07) is 15.5. The van der Waals surface area contributed by atoms with Crippen LogP contribution in [-0.2, 0) is 4.79 Å². The maximum absolute atomic E-state index is 14.4. The smallest absolute Gasteiger partial charge is 0.341 e. The molecule has 130 valence electrons. The van der Waals surface area contributed by atoms with Crippen LogP contribution in [0.2, 0.25) is 0 Å². The second-order valence-electron chi connectivity index (χ2n) is 5.95. The maximum Gasteiger partial charge on any atom is 0.341 e. The van der Waals surface area contributed by atoms with Crippen LogP contribution in [0.3, 0.4) is 0 Å². The first kappa shape index (κ1) is 17.0. The molecule has 0 unspecified atom stereocenters. The number of halogens is 1. The van der Waals surface area contributed by atoms with E-state index < -0.39 is 18.7 Å². The summed E-state index contributed by atoms with van der Waals surface area (Å²) in [5.41, 5.74) is 1.31. The molecule has 2 aromatic carbocycles. The summed E-state index contributed by atoms with van der Waals surface area (Å²) in [6.45, 7) is -0.0430. The number of likely N-dealkylation sites (tertiary alicyclic amines) is 1. The molecule has 2 atom stereocenters. The summed E-state index contributed by atoms with van der Waals surface area (Å²) >= 11 is 0. The number of nitrogens with zero attached hydrogens (tertiary/aromatic N) is 1. The lowest BCUT2D eigenvalue weighted by atomic mass is 9.97. The van der Waals surface area contributed by atoms with Crippen LogP contribution in [0.1, 0.15) is 21.8 Å². The maximum atomic E-state index is 14.4. The number of carbonyl (C=O) groups excluding carboxylic acids is 1. The van der Waals surface area contributed by atoms with Gasteiger partial charge in [0.15, 0.2) is 6.61 Å². The Morgan fingerprint density at radius 3 is 2.40 bits per heavy atom. The number of benzene rings is 2. The Morgan fingerprint density at radius 2 is 1.76 bits per heavy atom. The van der Waals surface area contributed by atoms with Gasteiger partial charge in [-0.25, -0.2) is 9.18 Å². The number of hydrogen-bond acceptors (Lipinski definition) is 3. The van der Waals surface area contributed by atoms with Crippen LogP contribution < -0.4 is 4.74 Å². The topological polar surface area (TPSA) is 66.8 Å². The van der Waals surface area contributed by atoms with Crippen LogP contribution in [0.15, 0.2) is 54.6 Å². The fourth-order valence-corrected chi connectivity index (χ4v) is 2.97. The third kappa shape index (κ3) is 3.96. The van der Waals surface area contributed by atoms with Crippen molar-refractivity contribution >= 4 is 11.9 Å². The Bertz CT molecular complexity index is 748. The minimum Gasteiger partial charge on any atom is -0.482 e. The van der Waals surface area contributed by atoms with E-state index in [1.165, 1.54) is 17.0 Å². The summed E-state index contributed by atoms with van der Waals surface area (Å²) in [6.07, 6.45) is -1.09. The van der Waals surface area contributed by atoms with E-state index in [1.54, 1.807) is 12.1 Å². The Kier molecular flexibility index (Phi) is 4.97. The number of ether oxygens (including phenoxy) is 1. The normalized spacial score (nSPS) is 19.6. The van der Waals surface area contributed by atoms with Crippen molar-refractivity contribution in [2.75, 3.05) is 19.7 Å². The summed E-state index contributed by atoms with van der Waals surface area (Å²) < 4.78 is 19.4. The number of hydrogen-bond donors (Lipinski definition) is 1. The number of rotatable bonds is 5. The highest BCUT2D eigenvalue weighted by Gasteiger charge is 2.36. The van der Waals surface area contributed by atoms with E-state index in [9.17, 15) is 14.0 Å². The number of carboxylic acid groups (broad SMARTS) is 1. The van der Waals surface area contributed by atoms with E-state index in [0.717, 1.165) is 5.56 Å². The number of carboxylic acids is 1. The Balaban J connectivity index is 1.66. The molecule has 1 saturated heterocycles. The fraction of sp³-hybridized carbons (Fsp3) is 0.263. The Morgan fingerprint density at radius 1 is 1.08 bits per heavy atom. The molecule has 0 aliphatic carbocycles. The summed E-state index contributed by atoms with van der Waals surface area (Å²) in [4.78, 5) is 24.6. The average Bonchev–Trinajstić information content (AvgIpc) is 3.02. The Hall–Kier alpha value is -2.89. The van der Waals surface area contributed by atoms with Gasteiger partial charge in [-0.05, 0) is 29.8 Å². The summed E-state index contributed by atoms with van der Waals surface area (Å²) in [5.74, 6) is -1.27. The van der Waals surface area contributed by atoms with E-state index in [4.69, 9.17) is 9.84 Å². The standard InChI is InChI=1S/C19H18FNO4/c20-17-11-21(10-16(17)13-4-2-1-3-5-13)19(24)14-6-8-15(9-7-14)25-12-18(22)23/h1-9,16-17H,10-12H2,(H,22,23)/t16-,17-/m1/s1. The molecule has 1 fully saturated rings. The minimum absolute atomic E-state index is 0.0651. The highest BCUT2D eigenvalue weighted by atomic mass is 19.1. The second-order valence-corrected chi connectivity index (χ2v) is 5.95. The molecule has 0 aromatic heterocycles. The van der Waals surface area contributed by atoms with Gasteiger partial charge in [-0.15, -0.1) is 0 Å². The first-order valence-electron chi connectivity index (χ1n) is 7.97. The van der Waals surface area contributed by atoms with Crippen molar-refractivity contribution < 1.29 is 23.8 Å². The molecule has 0 radical (unpaired) electrons. The molecule has 0 spiro atoms. The van der Waals surface area contributed by atoms with E-state index >= 15 is 0 Å². The van der Waals surface area contributed by atoms with Crippen LogP contribution in [0.5, 0.6) is 5.75 Å². The monoisotopic (exact) mass is 343 g/mol. The molecule has 5 nitrogen and oxygen atoms in total. The van der Waals surface area contributed by atoms with Crippen LogP contribution in [0.4, 0.5) is 4.39 Å². The second kappa shape index (κ2) is 7.34. The SMILES string of the molecule is O=C(O)COc1ccc(C(=O)N2C[C@@H](F)[C@@H](c3ccccc3)C2)cc1. The molecule has 1 N–H and O–H groups in total. The first-order chi connectivity index (χ1) is 12.0. The third-order valence-electron chi connectivity index (χ3n) is 4.23. The average molecular weight is 343 g/mol. The zero-order valence-corrected chi connectivity index (χ0v) is 13.5. The zero-order valence-electron chi connectivity index (χ0n) is 13.5. The van der Waals surface area contributed by atoms with E-state index in [-0.39, 0.29) is 18.4 Å². The molecule has 25 heavy (non-hydrogen) atoms. The number of amides is 1. The number of carbonyl (C=O) groups is 2. The predicted molar refractivity (Wildman–Crippen MR) is 89.6 cm³/mol. The van der Waals surface area contributed by atoms with Gasteiger partial charge in [0.05, 0.1) is 6.54 Å². The van der Waals surface area contributed by atoms with Crippen molar-refractivity contribution in [3.05, 3.63) is 65.7 Å². The summed E-state index contributed by atoms with van der Waals surface area (Å²) in [7, 11) is 0. The molecule has 6 heteroatoms. The van der Waals surface area contributed by atoms with Crippen LogP contribution in [0.25, 0.3) is 0 Å². The van der Waals surface area contributed by atoms with Crippen molar-refractivity contribution in [2.45, 2.75) is 12.1 Å². The van der Waals surface area contributed by atoms with E-state index in [2.05, 4.69) is 0 Å². The Labute approximate surface area is 144 Å². The quantitative estimate of drug-likeness (QED) is 0.906. The predicted octanol–water partition coefficient (Wildman–Crippen LogP) is 2.73. The lowest BCUT2D eigenvalue weighted by molar-refractivity contribution is -0.139. The van der Waals surface area contributed by atoms with Gasteiger partial charge in [-0.3, -0.25) is 4.79 Å². The van der Waals surface area contributed by atoms with Crippen molar-refractivity contribution in [3.8, 4) is 5.75 Å². The van der Waals surface area contributed by atoms with Gasteiger partial charge in [0.25, 0.3) is 5.91 Å². The number of alkyl halides is 1. The van der Waals surface area contributed by atoms with E-state index in [1.807, 2.05) is 30.3 Å². The van der Waals surface area contributed by atoms with Crippen molar-refractivity contribution in [2.24, 2.45) is 0 Å². The van der Waals surface area contributed by atoms with Crippen LogP contribution >= 0.6 is 0 Å². The van der Waals surface area contributed by atoms with Crippen LogP contribution in [0, 0.1) is 0 Å². The van der Waals surface area contributed by atoms with Crippen molar-refractivity contribution in [1.82, 2.24) is 4.90 Å².